The summed E-state index contributed by atoms with van der Waals surface area (Å²) < 4.78 is 16.0. The minimum Gasteiger partial charge on any atom is -0.494 e. The Morgan fingerprint density at radius 2 is 1.21 bits per heavy atom. The minimum absolute atomic E-state index is 0.282. The number of amides is 2. The van der Waals surface area contributed by atoms with Gasteiger partial charge in [-0.05, 0) is 69.7 Å². The first-order valence-electron chi connectivity index (χ1n) is 26.2. The fourth-order valence-corrected chi connectivity index (χ4v) is 9.56. The molecule has 10 rings (SSSR count). The Labute approximate surface area is 473 Å². The molecule has 0 aliphatic carbocycles. The summed E-state index contributed by atoms with van der Waals surface area (Å²) >= 11 is 0. The van der Waals surface area contributed by atoms with Gasteiger partial charge >= 0.3 is 0 Å². The summed E-state index contributed by atoms with van der Waals surface area (Å²) in [6, 6.07) is 29.2. The number of ether oxygens (including phenoxy) is 2. The first-order valence-corrected chi connectivity index (χ1v) is 26.2. The van der Waals surface area contributed by atoms with E-state index in [4.69, 9.17) is 24.4 Å². The third kappa shape index (κ3) is 11.9. The van der Waals surface area contributed by atoms with Crippen molar-refractivity contribution in [3.8, 4) is 45.6 Å². The number of anilines is 8. The number of fused-ring (bicyclic) bond motifs is 2. The van der Waals surface area contributed by atoms with Crippen LogP contribution < -0.4 is 40.5 Å². The highest BCUT2D eigenvalue weighted by atomic mass is 16.5. The van der Waals surface area contributed by atoms with Gasteiger partial charge in [0.15, 0.2) is 0 Å². The first-order chi connectivity index (χ1) is 39.8. The van der Waals surface area contributed by atoms with Gasteiger partial charge in [0.25, 0.3) is 0 Å². The van der Waals surface area contributed by atoms with Crippen LogP contribution in [-0.4, -0.2) is 152 Å². The quantitative estimate of drug-likeness (QED) is 0.0310. The number of likely N-dealkylation sites (N-methyl/N-ethyl adjacent to an activating group) is 4. The third-order valence-electron chi connectivity index (χ3n) is 13.8. The highest BCUT2D eigenvalue weighted by molar-refractivity contribution is 6.03. The Morgan fingerprint density at radius 1 is 0.634 bits per heavy atom. The molecule has 0 aliphatic heterocycles. The fraction of sp³-hybridized carbons (Fsp3) is 0.203. The predicted molar refractivity (Wildman–Crippen MR) is 322 cm³/mol. The standard InChI is InChI=1S/C59H63N19O4/c1-10-56(79)64-43-29-45(66-58-60-22-21-54(68-58)77-35-40(42-20-23-61-70-42)38-16-12-14-18-48(38)77)52(81-8)32-51(43)76(7)27-25-74(5)34-37-28-55(78-36-41(47-33-62-72-71-47)39-17-13-15-19-49(39)78)69-59(63-37)67-46-30-44(65-57(80)11-2)50(31-53(46)82-9)75(6)26-24-73(3)4/h10-23,28-33,35-36H,1-2,24-27,34H2,3-9H3,(H,61,70)(H,64,79)(H,65,80)(H,60,66,68)(H,62,71,72)(H,63,67,69). The molecule has 0 radical (unpaired) electrons. The molecule has 10 aromatic rings. The van der Waals surface area contributed by atoms with Crippen molar-refractivity contribution in [2.24, 2.45) is 0 Å². The molecule has 4 aromatic carbocycles. The van der Waals surface area contributed by atoms with Gasteiger partial charge in [0.2, 0.25) is 23.7 Å². The van der Waals surface area contributed by atoms with E-state index in [0.29, 0.717) is 95.1 Å². The van der Waals surface area contributed by atoms with E-state index in [1.807, 2.05) is 141 Å². The number of methoxy groups -OCH3 is 2. The van der Waals surface area contributed by atoms with Gasteiger partial charge in [-0.25, -0.2) is 9.97 Å². The van der Waals surface area contributed by atoms with Crippen molar-refractivity contribution in [1.29, 1.82) is 0 Å². The normalized spacial score (nSPS) is 11.3. The number of aromatic amines is 2. The Balaban J connectivity index is 0.938. The molecule has 0 atom stereocenters. The number of nitrogens with zero attached hydrogens (tertiary/aromatic N) is 13. The molecule has 0 aliphatic rings. The molecule has 0 unspecified atom stereocenters. The van der Waals surface area contributed by atoms with Crippen molar-refractivity contribution in [2.45, 2.75) is 6.54 Å². The lowest BCUT2D eigenvalue weighted by Crippen LogP contribution is -2.31. The monoisotopic (exact) mass is 1100 g/mol. The molecule has 23 nitrogen and oxygen atoms in total. The Kier molecular flexibility index (Phi) is 16.3. The van der Waals surface area contributed by atoms with Gasteiger partial charge in [-0.1, -0.05) is 54.8 Å². The van der Waals surface area contributed by atoms with Crippen LogP contribution in [0.25, 0.3) is 56.0 Å². The van der Waals surface area contributed by atoms with Gasteiger partial charge in [0.05, 0.1) is 77.0 Å². The summed E-state index contributed by atoms with van der Waals surface area (Å²) in [6.45, 7) is 10.3. The number of carbonyl (C=O) groups excluding carboxylic acids is 2. The maximum Gasteiger partial charge on any atom is 0.247 e. The summed E-state index contributed by atoms with van der Waals surface area (Å²) in [5, 5.41) is 33.2. The van der Waals surface area contributed by atoms with Crippen molar-refractivity contribution < 1.29 is 19.1 Å². The van der Waals surface area contributed by atoms with Crippen LogP contribution in [0.15, 0.2) is 147 Å². The van der Waals surface area contributed by atoms with E-state index >= 15 is 0 Å². The molecule has 418 valence electrons. The number of carbonyl (C=O) groups is 2. The molecule has 6 heterocycles. The second-order valence-electron chi connectivity index (χ2n) is 19.6. The lowest BCUT2D eigenvalue weighted by Gasteiger charge is -2.27. The molecule has 2 amide bonds. The molecule has 82 heavy (non-hydrogen) atoms. The van der Waals surface area contributed by atoms with Crippen LogP contribution in [0.3, 0.4) is 0 Å². The molecule has 6 N–H and O–H groups in total. The summed E-state index contributed by atoms with van der Waals surface area (Å²) in [4.78, 5) is 53.9. The topological polar surface area (TPSA) is 245 Å². The Morgan fingerprint density at radius 3 is 1.77 bits per heavy atom. The van der Waals surface area contributed by atoms with E-state index in [1.54, 1.807) is 38.9 Å². The predicted octanol–water partition coefficient (Wildman–Crippen LogP) is 8.65. The second-order valence-corrected chi connectivity index (χ2v) is 19.6. The number of hydrogen-bond donors (Lipinski definition) is 6. The molecular weight excluding hydrogens is 1040 g/mol. The van der Waals surface area contributed by atoms with Crippen LogP contribution in [0.4, 0.5) is 46.0 Å². The molecule has 0 spiro atoms. The summed E-state index contributed by atoms with van der Waals surface area (Å²) in [7, 11) is 13.1. The van der Waals surface area contributed by atoms with E-state index in [1.165, 1.54) is 12.2 Å². The number of aromatic nitrogens is 11. The van der Waals surface area contributed by atoms with Crippen LogP contribution in [0.5, 0.6) is 11.5 Å². The van der Waals surface area contributed by atoms with Crippen molar-refractivity contribution in [1.82, 2.24) is 64.5 Å². The molecular formula is C59H63N19O4. The van der Waals surface area contributed by atoms with E-state index in [-0.39, 0.29) is 17.8 Å². The zero-order chi connectivity index (χ0) is 57.4. The van der Waals surface area contributed by atoms with Crippen LogP contribution in [-0.2, 0) is 16.1 Å². The Bertz CT molecular complexity index is 3930. The van der Waals surface area contributed by atoms with E-state index in [0.717, 1.165) is 50.9 Å². The van der Waals surface area contributed by atoms with E-state index in [9.17, 15) is 9.59 Å². The van der Waals surface area contributed by atoms with Crippen LogP contribution in [0.2, 0.25) is 0 Å². The third-order valence-corrected chi connectivity index (χ3v) is 13.8. The average Bonchev–Trinajstić information content (AvgIpc) is 4.30. The minimum atomic E-state index is -0.389. The second kappa shape index (κ2) is 24.3. The SMILES string of the molecule is C=CC(=O)Nc1cc(Nc2nc(CN(C)CCN(C)c3cc(OC)c(Nc4nccc(-n5cc(-c6cc[nH]n6)c6ccccc65)n4)cc3NC(=O)C=C)cc(-n3cc(-c4c[nH]nn4)c4ccccc43)n2)c(OC)cc1N(C)CCN(C)C. The Hall–Kier alpha value is -10.4. The highest BCUT2D eigenvalue weighted by Gasteiger charge is 2.22. The fourth-order valence-electron chi connectivity index (χ4n) is 9.56. The lowest BCUT2D eigenvalue weighted by atomic mass is 10.1. The average molecular weight is 1100 g/mol. The molecule has 0 fully saturated rings. The van der Waals surface area contributed by atoms with Gasteiger partial charge in [-0.3, -0.25) is 24.7 Å². The maximum absolute atomic E-state index is 13.0. The van der Waals surface area contributed by atoms with Crippen molar-refractivity contribution in [3.63, 3.8) is 0 Å². The van der Waals surface area contributed by atoms with Crippen molar-refractivity contribution in [3.05, 3.63) is 153 Å². The molecule has 0 saturated heterocycles. The molecule has 23 heteroatoms. The first kappa shape index (κ1) is 54.9. The van der Waals surface area contributed by atoms with Crippen LogP contribution in [0, 0.1) is 0 Å². The van der Waals surface area contributed by atoms with Gasteiger partial charge in [0, 0.05) is 112 Å². The van der Waals surface area contributed by atoms with Crippen molar-refractivity contribution in [2.75, 3.05) is 107 Å². The van der Waals surface area contributed by atoms with Gasteiger partial charge < -0.3 is 54.6 Å². The number of para-hydroxylation sites is 2. The number of benzene rings is 4. The van der Waals surface area contributed by atoms with Gasteiger partial charge in [-0.2, -0.15) is 15.1 Å². The summed E-state index contributed by atoms with van der Waals surface area (Å²) in [6.07, 6.45) is 11.7. The van der Waals surface area contributed by atoms with Crippen LogP contribution in [0.1, 0.15) is 5.69 Å². The zero-order valence-corrected chi connectivity index (χ0v) is 46.6. The molecule has 0 bridgehead atoms. The number of H-pyrrole nitrogens is 2. The lowest BCUT2D eigenvalue weighted by molar-refractivity contribution is -0.112. The molecule has 6 aromatic heterocycles. The highest BCUT2D eigenvalue weighted by Crippen LogP contribution is 2.41. The largest absolute Gasteiger partial charge is 0.494 e. The number of nitrogens with one attached hydrogen (secondary N) is 6. The van der Waals surface area contributed by atoms with E-state index < -0.39 is 0 Å². The van der Waals surface area contributed by atoms with Gasteiger partial charge in [0.1, 0.15) is 28.8 Å². The smallest absolute Gasteiger partial charge is 0.247 e. The van der Waals surface area contributed by atoms with E-state index in [2.05, 4.69) is 85.8 Å². The number of rotatable bonds is 24. The zero-order valence-electron chi connectivity index (χ0n) is 46.6. The maximum atomic E-state index is 13.0. The van der Waals surface area contributed by atoms with Gasteiger partial charge in [-0.15, -0.1) is 5.10 Å². The summed E-state index contributed by atoms with van der Waals surface area (Å²) in [5.74, 6) is 2.05. The molecule has 0 saturated carbocycles. The van der Waals surface area contributed by atoms with Crippen molar-refractivity contribution >= 4 is 79.6 Å². The number of hydrogen-bond acceptors (Lipinski definition) is 17. The van der Waals surface area contributed by atoms with Crippen LogP contribution >= 0.6 is 0 Å². The summed E-state index contributed by atoms with van der Waals surface area (Å²) in [5.41, 5.74) is 9.39.